The first-order valence-electron chi connectivity index (χ1n) is 15.1. The van der Waals surface area contributed by atoms with E-state index in [-0.39, 0.29) is 21.7 Å². The van der Waals surface area contributed by atoms with Crippen molar-refractivity contribution in [3.63, 3.8) is 0 Å². The molecule has 0 unspecified atom stereocenters. The lowest BCUT2D eigenvalue weighted by molar-refractivity contribution is 0.584. The minimum atomic E-state index is -0.108. The second-order valence-corrected chi connectivity index (χ2v) is 15.3. The average molecular weight is 515 g/mol. The first-order valence-corrected chi connectivity index (χ1v) is 15.1. The molecule has 40 heavy (non-hydrogen) atoms. The SMILES string of the molecule is CC1(C)c2cccc3c2-c2c1cc1ccc4cc5c6c7c(c(c2c1c47)C3(C)C)C(C)(C)c1cccc(c1-6)C5(C)C. The second kappa shape index (κ2) is 5.87. The van der Waals surface area contributed by atoms with Gasteiger partial charge in [-0.2, -0.15) is 0 Å². The number of fused-ring (bicyclic) bond motifs is 1. The maximum atomic E-state index is 2.55. The van der Waals surface area contributed by atoms with Crippen molar-refractivity contribution in [3.05, 3.63) is 105 Å². The third-order valence-electron chi connectivity index (χ3n) is 12.1. The van der Waals surface area contributed by atoms with E-state index in [1.165, 1.54) is 77.2 Å². The first-order chi connectivity index (χ1) is 18.9. The fourth-order valence-corrected chi connectivity index (χ4v) is 10.2. The van der Waals surface area contributed by atoms with Crippen molar-refractivity contribution >= 4 is 32.3 Å². The van der Waals surface area contributed by atoms with E-state index in [1.807, 2.05) is 0 Å². The quantitative estimate of drug-likeness (QED) is 0.177. The van der Waals surface area contributed by atoms with E-state index in [2.05, 4.69) is 116 Å². The van der Waals surface area contributed by atoms with Crippen molar-refractivity contribution in [2.24, 2.45) is 0 Å². The van der Waals surface area contributed by atoms with E-state index in [0.29, 0.717) is 0 Å². The predicted molar refractivity (Wildman–Crippen MR) is 170 cm³/mol. The molecule has 6 aromatic carbocycles. The highest BCUT2D eigenvalue weighted by Crippen LogP contribution is 2.67. The molecule has 0 heteroatoms. The standard InChI is InChI=1S/C40H34/c1-37(2)21-11-9-13-23-29(21)31-25(37)17-19-15-16-20-18-26-32-30-22(38(26,3)4)12-10-14-24(30)40(7,8)36-34(32)28(20)27(19)33(31)35(36)39(23,5)6/h9-18H,1-8H3. The van der Waals surface area contributed by atoms with Crippen LogP contribution in [0.2, 0.25) is 0 Å². The Labute approximate surface area is 236 Å². The third kappa shape index (κ3) is 1.91. The monoisotopic (exact) mass is 514 g/mol. The Morgan fingerprint density at radius 1 is 0.350 bits per heavy atom. The van der Waals surface area contributed by atoms with Crippen molar-refractivity contribution in [2.75, 3.05) is 0 Å². The Bertz CT molecular complexity index is 2090. The van der Waals surface area contributed by atoms with Crippen molar-refractivity contribution in [2.45, 2.75) is 77.0 Å². The van der Waals surface area contributed by atoms with Gasteiger partial charge in [0.15, 0.2) is 0 Å². The van der Waals surface area contributed by atoms with E-state index in [9.17, 15) is 0 Å². The molecule has 10 rings (SSSR count). The number of rotatable bonds is 0. The normalized spacial score (nSPS) is 20.3. The van der Waals surface area contributed by atoms with Gasteiger partial charge in [0.25, 0.3) is 0 Å². The molecular formula is C40H34. The van der Waals surface area contributed by atoms with E-state index in [4.69, 9.17) is 0 Å². The zero-order chi connectivity index (χ0) is 27.5. The van der Waals surface area contributed by atoms with Gasteiger partial charge in [0.1, 0.15) is 0 Å². The fraction of sp³-hybridized carbons (Fsp3) is 0.300. The van der Waals surface area contributed by atoms with Gasteiger partial charge >= 0.3 is 0 Å². The Morgan fingerprint density at radius 2 is 0.700 bits per heavy atom. The number of benzene rings is 6. The first kappa shape index (κ1) is 22.1. The van der Waals surface area contributed by atoms with E-state index < -0.39 is 0 Å². The minimum absolute atomic E-state index is 0.0116. The van der Waals surface area contributed by atoms with Crippen molar-refractivity contribution < 1.29 is 0 Å². The molecule has 4 aliphatic carbocycles. The smallest absolute Gasteiger partial charge is 0.0162 e. The van der Waals surface area contributed by atoms with E-state index >= 15 is 0 Å². The minimum Gasteiger partial charge on any atom is -0.0616 e. The summed E-state index contributed by atoms with van der Waals surface area (Å²) in [4.78, 5) is 0. The lowest BCUT2D eigenvalue weighted by Gasteiger charge is -2.44. The maximum absolute atomic E-state index is 2.55. The van der Waals surface area contributed by atoms with Crippen LogP contribution < -0.4 is 0 Å². The van der Waals surface area contributed by atoms with Gasteiger partial charge in [-0.05, 0) is 111 Å². The summed E-state index contributed by atoms with van der Waals surface area (Å²) in [7, 11) is 0. The molecule has 0 aromatic heterocycles. The molecule has 0 spiro atoms. The maximum Gasteiger partial charge on any atom is 0.0162 e. The van der Waals surface area contributed by atoms with Gasteiger partial charge in [0, 0.05) is 21.7 Å². The summed E-state index contributed by atoms with van der Waals surface area (Å²) in [5, 5.41) is 8.90. The van der Waals surface area contributed by atoms with Gasteiger partial charge in [-0.3, -0.25) is 0 Å². The Kier molecular flexibility index (Phi) is 3.24. The zero-order valence-electron chi connectivity index (χ0n) is 24.8. The fourth-order valence-electron chi connectivity index (χ4n) is 10.2. The van der Waals surface area contributed by atoms with E-state index in [1.54, 1.807) is 21.9 Å². The highest BCUT2D eigenvalue weighted by atomic mass is 14.5. The van der Waals surface area contributed by atoms with Crippen LogP contribution in [0.4, 0.5) is 0 Å². The van der Waals surface area contributed by atoms with Crippen LogP contribution in [0.5, 0.6) is 0 Å². The van der Waals surface area contributed by atoms with Crippen LogP contribution in [0.15, 0.2) is 60.7 Å². The lowest BCUT2D eigenvalue weighted by atomic mass is 9.58. The number of hydrogen-bond donors (Lipinski definition) is 0. The summed E-state index contributed by atoms with van der Waals surface area (Å²) in [6.45, 7) is 19.8. The van der Waals surface area contributed by atoms with Gasteiger partial charge in [0.2, 0.25) is 0 Å². The Hall–Kier alpha value is -3.64. The van der Waals surface area contributed by atoms with Gasteiger partial charge in [-0.1, -0.05) is 104 Å². The summed E-state index contributed by atoms with van der Waals surface area (Å²) in [6.07, 6.45) is 0. The summed E-state index contributed by atoms with van der Waals surface area (Å²) in [5.74, 6) is 0. The van der Waals surface area contributed by atoms with Crippen LogP contribution >= 0.6 is 0 Å². The molecule has 0 aliphatic heterocycles. The second-order valence-electron chi connectivity index (χ2n) is 15.3. The van der Waals surface area contributed by atoms with Crippen LogP contribution in [0, 0.1) is 0 Å². The molecule has 0 N–H and O–H groups in total. The molecule has 0 heterocycles. The van der Waals surface area contributed by atoms with Crippen LogP contribution in [0.3, 0.4) is 0 Å². The molecule has 0 radical (unpaired) electrons. The molecule has 0 bridgehead atoms. The van der Waals surface area contributed by atoms with Crippen molar-refractivity contribution in [3.8, 4) is 22.3 Å². The molecular weight excluding hydrogens is 480 g/mol. The largest absolute Gasteiger partial charge is 0.0616 e. The van der Waals surface area contributed by atoms with Crippen molar-refractivity contribution in [1.29, 1.82) is 0 Å². The molecule has 0 amide bonds. The molecule has 194 valence electrons. The molecule has 0 saturated carbocycles. The molecule has 0 fully saturated rings. The zero-order valence-corrected chi connectivity index (χ0v) is 24.8. The Balaban J connectivity index is 1.61. The molecule has 0 nitrogen and oxygen atoms in total. The Morgan fingerprint density at radius 3 is 1.07 bits per heavy atom. The van der Waals surface area contributed by atoms with Crippen LogP contribution in [-0.4, -0.2) is 0 Å². The van der Waals surface area contributed by atoms with Gasteiger partial charge < -0.3 is 0 Å². The highest BCUT2D eigenvalue weighted by Gasteiger charge is 2.51. The molecule has 0 atom stereocenters. The molecule has 6 aromatic rings. The number of hydrogen-bond acceptors (Lipinski definition) is 0. The van der Waals surface area contributed by atoms with Crippen LogP contribution in [-0.2, 0) is 21.7 Å². The summed E-state index contributed by atoms with van der Waals surface area (Å²) in [5.41, 5.74) is 18.0. The summed E-state index contributed by atoms with van der Waals surface area (Å²) in [6, 6.07) is 24.2. The average Bonchev–Trinajstić information content (AvgIpc) is 3.29. The molecule has 0 saturated heterocycles. The van der Waals surface area contributed by atoms with Gasteiger partial charge in [0.05, 0.1) is 0 Å². The van der Waals surface area contributed by atoms with E-state index in [0.717, 1.165) is 0 Å². The van der Waals surface area contributed by atoms with Crippen LogP contribution in [0.1, 0.15) is 99.9 Å². The van der Waals surface area contributed by atoms with Gasteiger partial charge in [-0.15, -0.1) is 0 Å². The van der Waals surface area contributed by atoms with Crippen molar-refractivity contribution in [1.82, 2.24) is 0 Å². The van der Waals surface area contributed by atoms with Gasteiger partial charge in [-0.25, -0.2) is 0 Å². The molecule has 4 aliphatic rings. The summed E-state index contributed by atoms with van der Waals surface area (Å²) >= 11 is 0. The highest BCUT2D eigenvalue weighted by molar-refractivity contribution is 6.33. The lowest BCUT2D eigenvalue weighted by Crippen LogP contribution is -2.33. The third-order valence-corrected chi connectivity index (χ3v) is 12.1. The van der Waals surface area contributed by atoms with Crippen LogP contribution in [0.25, 0.3) is 54.6 Å². The topological polar surface area (TPSA) is 0 Å². The predicted octanol–water partition coefficient (Wildman–Crippen LogP) is 10.5. The summed E-state index contributed by atoms with van der Waals surface area (Å²) < 4.78 is 0.